The molecule has 106 valence electrons. The quantitative estimate of drug-likeness (QED) is 0.783. The van der Waals surface area contributed by atoms with E-state index in [1.54, 1.807) is 18.2 Å². The van der Waals surface area contributed by atoms with Gasteiger partial charge in [0.1, 0.15) is 4.21 Å². The second-order valence-electron chi connectivity index (χ2n) is 4.28. The maximum absolute atomic E-state index is 12.3. The zero-order valence-electron chi connectivity index (χ0n) is 10.4. The van der Waals surface area contributed by atoms with Gasteiger partial charge in [0.15, 0.2) is 0 Å². The number of ether oxygens (including phenoxy) is 1. The Labute approximate surface area is 122 Å². The van der Waals surface area contributed by atoms with Crippen LogP contribution in [-0.4, -0.2) is 38.5 Å². The largest absolute Gasteiger partial charge is 0.374 e. The van der Waals surface area contributed by atoms with Gasteiger partial charge in [0, 0.05) is 13.1 Å². The summed E-state index contributed by atoms with van der Waals surface area (Å²) in [5.41, 5.74) is 0. The predicted molar refractivity (Wildman–Crippen MR) is 77.3 cm³/mol. The van der Waals surface area contributed by atoms with E-state index in [4.69, 9.17) is 16.3 Å². The zero-order chi connectivity index (χ0) is 13.9. The lowest BCUT2D eigenvalue weighted by atomic mass is 10.1. The van der Waals surface area contributed by atoms with Crippen LogP contribution in [0.2, 0.25) is 4.34 Å². The molecule has 0 unspecified atom stereocenters. The van der Waals surface area contributed by atoms with Gasteiger partial charge in [-0.05, 0) is 25.0 Å². The van der Waals surface area contributed by atoms with Crippen LogP contribution in [0.5, 0.6) is 0 Å². The topological polar surface area (TPSA) is 46.6 Å². The Morgan fingerprint density at radius 3 is 2.68 bits per heavy atom. The third-order valence-electron chi connectivity index (χ3n) is 2.99. The standard InChI is InChI=1S/C12H16ClNO3S2/c1-2-9-17-10-5-7-14(8-6-10)19(15,16)12-4-3-11(13)18-12/h2-4,10H,1,5-9H2. The van der Waals surface area contributed by atoms with Gasteiger partial charge in [-0.1, -0.05) is 17.7 Å². The number of nitrogens with zero attached hydrogens (tertiary/aromatic N) is 1. The van der Waals surface area contributed by atoms with E-state index in [9.17, 15) is 8.42 Å². The van der Waals surface area contributed by atoms with Crippen LogP contribution in [0.25, 0.3) is 0 Å². The summed E-state index contributed by atoms with van der Waals surface area (Å²) in [6, 6.07) is 3.17. The highest BCUT2D eigenvalue weighted by atomic mass is 35.5. The smallest absolute Gasteiger partial charge is 0.252 e. The Bertz CT molecular complexity index is 533. The van der Waals surface area contributed by atoms with E-state index in [0.717, 1.165) is 11.3 Å². The van der Waals surface area contributed by atoms with E-state index < -0.39 is 10.0 Å². The van der Waals surface area contributed by atoms with E-state index in [1.807, 2.05) is 0 Å². The molecule has 0 aromatic carbocycles. The molecule has 0 spiro atoms. The molecule has 0 atom stereocenters. The summed E-state index contributed by atoms with van der Waals surface area (Å²) in [4.78, 5) is 0. The van der Waals surface area contributed by atoms with Crippen molar-refractivity contribution in [3.63, 3.8) is 0 Å². The lowest BCUT2D eigenvalue weighted by Crippen LogP contribution is -2.40. The molecule has 2 heterocycles. The Kier molecular flexibility index (Phi) is 5.03. The minimum absolute atomic E-state index is 0.122. The molecule has 1 aromatic heterocycles. The van der Waals surface area contributed by atoms with E-state index in [1.165, 1.54) is 4.31 Å². The molecular weight excluding hydrogens is 306 g/mol. The number of piperidine rings is 1. The van der Waals surface area contributed by atoms with Crippen LogP contribution in [0.4, 0.5) is 0 Å². The highest BCUT2D eigenvalue weighted by molar-refractivity contribution is 7.91. The number of hydrogen-bond acceptors (Lipinski definition) is 4. The molecule has 2 rings (SSSR count). The normalized spacial score (nSPS) is 18.6. The van der Waals surface area contributed by atoms with E-state index in [2.05, 4.69) is 6.58 Å². The number of thiophene rings is 1. The van der Waals surface area contributed by atoms with Gasteiger partial charge in [0.2, 0.25) is 0 Å². The van der Waals surface area contributed by atoms with Crippen LogP contribution in [-0.2, 0) is 14.8 Å². The van der Waals surface area contributed by atoms with Gasteiger partial charge in [-0.25, -0.2) is 8.42 Å². The van der Waals surface area contributed by atoms with Gasteiger partial charge >= 0.3 is 0 Å². The second-order valence-corrected chi connectivity index (χ2v) is 8.16. The lowest BCUT2D eigenvalue weighted by molar-refractivity contribution is 0.0381. The maximum atomic E-state index is 12.3. The van der Waals surface area contributed by atoms with Gasteiger partial charge < -0.3 is 4.74 Å². The van der Waals surface area contributed by atoms with Gasteiger partial charge in [-0.3, -0.25) is 0 Å². The van der Waals surface area contributed by atoms with Crippen molar-refractivity contribution in [3.8, 4) is 0 Å². The van der Waals surface area contributed by atoms with Crippen LogP contribution in [0.3, 0.4) is 0 Å². The summed E-state index contributed by atoms with van der Waals surface area (Å²) in [6.45, 7) is 5.08. The van der Waals surface area contributed by atoms with Gasteiger partial charge in [0.05, 0.1) is 17.0 Å². The van der Waals surface area contributed by atoms with Crippen LogP contribution in [0.1, 0.15) is 12.8 Å². The predicted octanol–water partition coefficient (Wildman–Crippen LogP) is 2.76. The van der Waals surface area contributed by atoms with E-state index in [0.29, 0.717) is 41.1 Å². The number of sulfonamides is 1. The average Bonchev–Trinajstić information content (AvgIpc) is 2.84. The molecule has 1 aliphatic heterocycles. The van der Waals surface area contributed by atoms with Gasteiger partial charge in [-0.15, -0.1) is 17.9 Å². The number of halogens is 1. The third kappa shape index (κ3) is 3.58. The molecule has 0 radical (unpaired) electrons. The Morgan fingerprint density at radius 1 is 1.47 bits per heavy atom. The molecule has 7 heteroatoms. The minimum Gasteiger partial charge on any atom is -0.374 e. The van der Waals surface area contributed by atoms with E-state index >= 15 is 0 Å². The van der Waals surface area contributed by atoms with Crippen molar-refractivity contribution < 1.29 is 13.2 Å². The van der Waals surface area contributed by atoms with Crippen molar-refractivity contribution in [1.82, 2.24) is 4.31 Å². The monoisotopic (exact) mass is 321 g/mol. The first-order valence-corrected chi connectivity index (χ1v) is 8.65. The number of hydrogen-bond donors (Lipinski definition) is 0. The third-order valence-corrected chi connectivity index (χ3v) is 6.59. The first-order chi connectivity index (χ1) is 9.04. The second kappa shape index (κ2) is 6.37. The lowest BCUT2D eigenvalue weighted by Gasteiger charge is -2.30. The average molecular weight is 322 g/mol. The SMILES string of the molecule is C=CCOC1CCN(S(=O)(=O)c2ccc(Cl)s2)CC1. The minimum atomic E-state index is -3.39. The summed E-state index contributed by atoms with van der Waals surface area (Å²) in [7, 11) is -3.39. The Hall–Kier alpha value is -0.400. The number of rotatable bonds is 5. The molecule has 1 fully saturated rings. The summed E-state index contributed by atoms with van der Waals surface area (Å²) in [5, 5.41) is 0. The van der Waals surface area contributed by atoms with Gasteiger partial charge in [-0.2, -0.15) is 4.31 Å². The molecular formula is C12H16ClNO3S2. The van der Waals surface area contributed by atoms with Crippen LogP contribution in [0.15, 0.2) is 29.0 Å². The first-order valence-electron chi connectivity index (χ1n) is 6.02. The van der Waals surface area contributed by atoms with Crippen molar-refractivity contribution in [2.45, 2.75) is 23.2 Å². The van der Waals surface area contributed by atoms with Crippen molar-refractivity contribution in [2.24, 2.45) is 0 Å². The Balaban J connectivity index is 1.99. The molecule has 1 aliphatic rings. The summed E-state index contributed by atoms with van der Waals surface area (Å²) in [6.07, 6.45) is 3.26. The molecule has 1 saturated heterocycles. The fourth-order valence-corrected chi connectivity index (χ4v) is 5.11. The van der Waals surface area contributed by atoms with Crippen molar-refractivity contribution in [3.05, 3.63) is 29.1 Å². The fourth-order valence-electron chi connectivity index (χ4n) is 2.01. The summed E-state index contributed by atoms with van der Waals surface area (Å²) < 4.78 is 32.5. The molecule has 4 nitrogen and oxygen atoms in total. The highest BCUT2D eigenvalue weighted by Gasteiger charge is 2.30. The summed E-state index contributed by atoms with van der Waals surface area (Å²) in [5.74, 6) is 0. The van der Waals surface area contributed by atoms with Crippen molar-refractivity contribution in [1.29, 1.82) is 0 Å². The molecule has 1 aromatic rings. The van der Waals surface area contributed by atoms with E-state index in [-0.39, 0.29) is 6.10 Å². The zero-order valence-corrected chi connectivity index (χ0v) is 12.8. The first kappa shape index (κ1) is 15.0. The molecule has 0 amide bonds. The van der Waals surface area contributed by atoms with Crippen LogP contribution in [0, 0.1) is 0 Å². The van der Waals surface area contributed by atoms with Gasteiger partial charge in [0.25, 0.3) is 10.0 Å². The molecule has 0 saturated carbocycles. The Morgan fingerprint density at radius 2 is 2.16 bits per heavy atom. The van der Waals surface area contributed by atoms with Crippen LogP contribution >= 0.6 is 22.9 Å². The maximum Gasteiger partial charge on any atom is 0.252 e. The molecule has 0 aliphatic carbocycles. The molecule has 0 N–H and O–H groups in total. The molecule has 0 bridgehead atoms. The van der Waals surface area contributed by atoms with Crippen LogP contribution < -0.4 is 0 Å². The summed E-state index contributed by atoms with van der Waals surface area (Å²) >= 11 is 6.89. The van der Waals surface area contributed by atoms with Crippen molar-refractivity contribution >= 4 is 33.0 Å². The molecule has 19 heavy (non-hydrogen) atoms. The highest BCUT2D eigenvalue weighted by Crippen LogP contribution is 2.29. The van der Waals surface area contributed by atoms with Crippen molar-refractivity contribution in [2.75, 3.05) is 19.7 Å². The fraction of sp³-hybridized carbons (Fsp3) is 0.500.